The van der Waals surface area contributed by atoms with Crippen LogP contribution in [0.1, 0.15) is 13.3 Å². The van der Waals surface area contributed by atoms with Gasteiger partial charge >= 0.3 is 5.97 Å². The van der Waals surface area contributed by atoms with E-state index in [4.69, 9.17) is 0 Å². The summed E-state index contributed by atoms with van der Waals surface area (Å²) in [5.74, 6) is -0.341. The van der Waals surface area contributed by atoms with Crippen LogP contribution in [0.3, 0.4) is 0 Å². The Labute approximate surface area is 64.4 Å². The molecule has 0 saturated heterocycles. The molecule has 0 aliphatic rings. The van der Waals surface area contributed by atoms with Crippen LogP contribution in [-0.4, -0.2) is 18.1 Å². The highest BCUT2D eigenvalue weighted by Gasteiger charge is 1.89. The van der Waals surface area contributed by atoms with Crippen LogP contribution in [-0.2, 0) is 9.53 Å². The first-order valence-electron chi connectivity index (χ1n) is 2.60. The van der Waals surface area contributed by atoms with Gasteiger partial charge in [0.15, 0.2) is 0 Å². The van der Waals surface area contributed by atoms with E-state index in [-0.39, 0.29) is 21.3 Å². The molecule has 1 atom stereocenters. The smallest absolute Gasteiger partial charge is 0.330 e. The van der Waals surface area contributed by atoms with Crippen molar-refractivity contribution in [1.82, 2.24) is 0 Å². The topological polar surface area (TPSA) is 57.8 Å². The highest BCUT2D eigenvalue weighted by Crippen LogP contribution is 1.81. The highest BCUT2D eigenvalue weighted by atomic mass is 31.0. The highest BCUT2D eigenvalue weighted by molar-refractivity contribution is 6.92. The number of esters is 1. The van der Waals surface area contributed by atoms with Gasteiger partial charge in [-0.05, 0) is 6.42 Å². The lowest BCUT2D eigenvalue weighted by molar-refractivity contribution is -0.137. The molecule has 0 radical (unpaired) electrons. The first-order chi connectivity index (χ1) is 3.81. The second-order valence-corrected chi connectivity index (χ2v) is 1.37. The predicted octanol–water partition coefficient (Wildman–Crippen LogP) is 0.359. The summed E-state index contributed by atoms with van der Waals surface area (Å²) in [4.78, 5) is 10.2. The van der Waals surface area contributed by atoms with E-state index in [0.717, 1.165) is 12.5 Å². The molecular weight excluding hydrogens is 151 g/mol. The Morgan fingerprint density at radius 2 is 2.20 bits per heavy atom. The van der Waals surface area contributed by atoms with Crippen molar-refractivity contribution in [3.63, 3.8) is 0 Å². The molecule has 3 nitrogen and oxygen atoms in total. The fourth-order valence-corrected chi connectivity index (χ4v) is 0.262. The number of rotatable bonds is 3. The van der Waals surface area contributed by atoms with Crippen LogP contribution >= 0.6 is 9.90 Å². The van der Waals surface area contributed by atoms with Crippen LogP contribution in [0.15, 0.2) is 12.7 Å². The molecule has 1 unspecified atom stereocenters. The summed E-state index contributed by atoms with van der Waals surface area (Å²) in [7, 11) is 0. The van der Waals surface area contributed by atoms with Crippen LogP contribution in [0.5, 0.6) is 0 Å². The predicted molar refractivity (Wildman–Crippen MR) is 46.2 cm³/mol. The maximum absolute atomic E-state index is 10.2. The second kappa shape index (κ2) is 11.4. The van der Waals surface area contributed by atoms with Crippen molar-refractivity contribution < 1.29 is 15.0 Å². The zero-order valence-corrected chi connectivity index (χ0v) is 7.64. The van der Waals surface area contributed by atoms with Gasteiger partial charge < -0.3 is 10.2 Å². The zero-order chi connectivity index (χ0) is 6.41. The largest absolute Gasteiger partial charge is 0.463 e. The van der Waals surface area contributed by atoms with Crippen molar-refractivity contribution in [1.29, 1.82) is 0 Å². The SMILES string of the molecule is C=CC(=O)OCCC.O.P. The number of carbonyl (C=O) groups excluding carboxylic acids is 1. The molecule has 0 rings (SSSR count). The van der Waals surface area contributed by atoms with Crippen molar-refractivity contribution in [2.75, 3.05) is 6.61 Å². The first kappa shape index (κ1) is 16.3. The number of hydrogen-bond acceptors (Lipinski definition) is 2. The monoisotopic (exact) mass is 166 g/mol. The molecule has 4 heteroatoms. The summed E-state index contributed by atoms with van der Waals surface area (Å²) in [6.07, 6.45) is 2.02. The van der Waals surface area contributed by atoms with Crippen molar-refractivity contribution >= 4 is 15.9 Å². The van der Waals surface area contributed by atoms with Crippen LogP contribution in [0, 0.1) is 0 Å². The van der Waals surface area contributed by atoms with E-state index in [1.54, 1.807) is 0 Å². The Bertz CT molecular complexity index is 93.0. The minimum atomic E-state index is -0.341. The van der Waals surface area contributed by atoms with Crippen molar-refractivity contribution in [2.45, 2.75) is 13.3 Å². The van der Waals surface area contributed by atoms with E-state index in [2.05, 4.69) is 11.3 Å². The van der Waals surface area contributed by atoms with Gasteiger partial charge in [-0.15, -0.1) is 0 Å². The Kier molecular flexibility index (Phi) is 18.6. The molecule has 2 N–H and O–H groups in total. The molecule has 0 aromatic carbocycles. The molecule has 0 aromatic heterocycles. The Balaban J connectivity index is -0.000000245. The van der Waals surface area contributed by atoms with Crippen molar-refractivity contribution in [2.24, 2.45) is 0 Å². The van der Waals surface area contributed by atoms with E-state index in [9.17, 15) is 4.79 Å². The molecule has 0 aromatic rings. The fourth-order valence-electron chi connectivity index (χ4n) is 0.262. The van der Waals surface area contributed by atoms with Gasteiger partial charge in [0.25, 0.3) is 0 Å². The van der Waals surface area contributed by atoms with Gasteiger partial charge in [-0.2, -0.15) is 9.90 Å². The molecule has 10 heavy (non-hydrogen) atoms. The molecule has 0 aliphatic carbocycles. The quantitative estimate of drug-likeness (QED) is 0.345. The summed E-state index contributed by atoms with van der Waals surface area (Å²) in [6.45, 7) is 5.67. The number of carbonyl (C=O) groups is 1. The van der Waals surface area contributed by atoms with Gasteiger partial charge in [0.2, 0.25) is 0 Å². The molecule has 0 amide bonds. The summed E-state index contributed by atoms with van der Waals surface area (Å²) in [5, 5.41) is 0. The average molecular weight is 166 g/mol. The zero-order valence-electron chi connectivity index (χ0n) is 6.22. The standard InChI is InChI=1S/C6H10O2.H2O.H3P/c1-3-5-8-6(7)4-2;;/h4H,2-3,5H2,1H3;1H2;1H3. The van der Waals surface area contributed by atoms with Gasteiger partial charge in [0.1, 0.15) is 0 Å². The van der Waals surface area contributed by atoms with E-state index in [1.165, 1.54) is 0 Å². The van der Waals surface area contributed by atoms with Gasteiger partial charge in [-0.3, -0.25) is 0 Å². The Morgan fingerprint density at radius 3 is 2.50 bits per heavy atom. The molecule has 0 spiro atoms. The number of hydrogen-bond donors (Lipinski definition) is 0. The molecule has 0 saturated carbocycles. The normalized spacial score (nSPS) is 6.50. The van der Waals surface area contributed by atoms with E-state index in [0.29, 0.717) is 6.61 Å². The van der Waals surface area contributed by atoms with E-state index < -0.39 is 0 Å². The molecule has 0 fully saturated rings. The molecular formula is C6H15O3P. The minimum Gasteiger partial charge on any atom is -0.463 e. The van der Waals surface area contributed by atoms with Crippen molar-refractivity contribution in [3.05, 3.63) is 12.7 Å². The Hall–Kier alpha value is -0.400. The van der Waals surface area contributed by atoms with Gasteiger partial charge in [0, 0.05) is 6.08 Å². The summed E-state index contributed by atoms with van der Waals surface area (Å²) >= 11 is 0. The lowest BCUT2D eigenvalue weighted by Crippen LogP contribution is -1.99. The summed E-state index contributed by atoms with van der Waals surface area (Å²) in [5.41, 5.74) is 0. The second-order valence-electron chi connectivity index (χ2n) is 1.37. The lowest BCUT2D eigenvalue weighted by Gasteiger charge is -1.94. The summed E-state index contributed by atoms with van der Waals surface area (Å²) in [6, 6.07) is 0. The third-order valence-corrected chi connectivity index (χ3v) is 0.615. The van der Waals surface area contributed by atoms with Crippen LogP contribution in [0.25, 0.3) is 0 Å². The van der Waals surface area contributed by atoms with Crippen LogP contribution in [0.4, 0.5) is 0 Å². The first-order valence-corrected chi connectivity index (χ1v) is 2.60. The lowest BCUT2D eigenvalue weighted by atomic mass is 10.5. The average Bonchev–Trinajstić information content (AvgIpc) is 1.83. The maximum Gasteiger partial charge on any atom is 0.330 e. The molecule has 0 heterocycles. The van der Waals surface area contributed by atoms with Crippen LogP contribution in [0.2, 0.25) is 0 Å². The van der Waals surface area contributed by atoms with E-state index in [1.807, 2.05) is 6.92 Å². The fraction of sp³-hybridized carbons (Fsp3) is 0.500. The minimum absolute atomic E-state index is 0. The van der Waals surface area contributed by atoms with Gasteiger partial charge in [-0.1, -0.05) is 13.5 Å². The van der Waals surface area contributed by atoms with Crippen LogP contribution < -0.4 is 0 Å². The third-order valence-electron chi connectivity index (χ3n) is 0.615. The van der Waals surface area contributed by atoms with Gasteiger partial charge in [0.05, 0.1) is 6.61 Å². The third kappa shape index (κ3) is 10.6. The van der Waals surface area contributed by atoms with Crippen molar-refractivity contribution in [3.8, 4) is 0 Å². The molecule has 62 valence electrons. The number of ether oxygens (including phenoxy) is 1. The summed E-state index contributed by atoms with van der Waals surface area (Å²) < 4.78 is 4.58. The van der Waals surface area contributed by atoms with E-state index >= 15 is 0 Å². The molecule has 0 bridgehead atoms. The maximum atomic E-state index is 10.2. The Morgan fingerprint density at radius 1 is 1.70 bits per heavy atom. The molecule has 0 aliphatic heterocycles. The van der Waals surface area contributed by atoms with Gasteiger partial charge in [-0.25, -0.2) is 4.79 Å².